The highest BCUT2D eigenvalue weighted by atomic mass is 32.2. The van der Waals surface area contributed by atoms with Crippen LogP contribution in [0.2, 0.25) is 0 Å². The minimum Gasteiger partial charge on any atom is -0.313 e. The van der Waals surface area contributed by atoms with Crippen LogP contribution in [0.3, 0.4) is 0 Å². The molecule has 1 aromatic carbocycles. The highest BCUT2D eigenvalue weighted by molar-refractivity contribution is 7.99. The van der Waals surface area contributed by atoms with Gasteiger partial charge in [-0.2, -0.15) is 13.2 Å². The van der Waals surface area contributed by atoms with E-state index >= 15 is 0 Å². The Morgan fingerprint density at radius 1 is 1.19 bits per heavy atom. The zero-order chi connectivity index (χ0) is 19.0. The van der Waals surface area contributed by atoms with E-state index < -0.39 is 27.3 Å². The van der Waals surface area contributed by atoms with Gasteiger partial charge < -0.3 is 5.32 Å². The minimum absolute atomic E-state index is 0.00597. The van der Waals surface area contributed by atoms with Gasteiger partial charge in [-0.1, -0.05) is 38.3 Å². The van der Waals surface area contributed by atoms with E-state index in [1.54, 1.807) is 0 Å². The number of likely N-dealkylation sites (N-methyl/N-ethyl adjacent to an activating group) is 1. The molecule has 2 N–H and O–H groups in total. The number of hydrogen-bond donors (Lipinski definition) is 2. The quantitative estimate of drug-likeness (QED) is 0.828. The monoisotopic (exact) mass is 388 g/mol. The van der Waals surface area contributed by atoms with Gasteiger partial charge in [0.05, 0.1) is 16.0 Å². The van der Waals surface area contributed by atoms with Crippen molar-refractivity contribution in [3.05, 3.63) is 41.0 Å². The van der Waals surface area contributed by atoms with Gasteiger partial charge >= 0.3 is 6.18 Å². The van der Waals surface area contributed by atoms with Gasteiger partial charge in [0.25, 0.3) is 0 Å². The largest absolute Gasteiger partial charge is 0.416 e. The number of nitrogens with one attached hydrogen (secondary N) is 2. The minimum atomic E-state index is -4.52. The molecule has 144 valence electrons. The maximum Gasteiger partial charge on any atom is 0.416 e. The lowest BCUT2D eigenvalue weighted by atomic mass is 9.76. The van der Waals surface area contributed by atoms with Crippen LogP contribution in [0.1, 0.15) is 50.2 Å². The third kappa shape index (κ3) is 3.54. The molecule has 1 aliphatic heterocycles. The molecule has 1 aliphatic carbocycles. The van der Waals surface area contributed by atoms with Crippen molar-refractivity contribution in [3.63, 3.8) is 0 Å². The van der Waals surface area contributed by atoms with E-state index in [1.807, 2.05) is 6.92 Å². The molecule has 1 fully saturated rings. The van der Waals surface area contributed by atoms with Crippen LogP contribution < -0.4 is 10.0 Å². The molecule has 0 amide bonds. The van der Waals surface area contributed by atoms with Gasteiger partial charge in [0.2, 0.25) is 10.0 Å². The molecule has 0 atom stereocenters. The second-order valence-corrected chi connectivity index (χ2v) is 8.53. The standard InChI is InChI=1S/C18H23F3N2O2S/c1-2-22-12-15-16(13-7-6-8-14(11-13)18(19,20)21)26(24,25)23-17(15)9-4-3-5-10-17/h6-8,11,22-23H,2-5,9-10,12H2,1H3. The van der Waals surface area contributed by atoms with Crippen molar-refractivity contribution in [2.45, 2.75) is 50.7 Å². The first-order valence-corrected chi connectivity index (χ1v) is 10.3. The summed E-state index contributed by atoms with van der Waals surface area (Å²) in [7, 11) is -3.87. The molecule has 1 spiro atoms. The molecule has 1 saturated carbocycles. The molecule has 8 heteroatoms. The molecule has 0 radical (unpaired) electrons. The molecule has 0 aromatic heterocycles. The lowest BCUT2D eigenvalue weighted by Gasteiger charge is -2.35. The fourth-order valence-corrected chi connectivity index (χ4v) is 5.95. The predicted molar refractivity (Wildman–Crippen MR) is 94.8 cm³/mol. The molecule has 3 rings (SSSR count). The van der Waals surface area contributed by atoms with E-state index in [0.29, 0.717) is 31.5 Å². The van der Waals surface area contributed by atoms with Crippen LogP contribution in [-0.4, -0.2) is 27.0 Å². The Bertz CT molecular complexity index is 810. The van der Waals surface area contributed by atoms with Gasteiger partial charge in [0.15, 0.2) is 0 Å². The van der Waals surface area contributed by atoms with Crippen molar-refractivity contribution in [3.8, 4) is 0 Å². The van der Waals surface area contributed by atoms with Crippen LogP contribution in [0.15, 0.2) is 29.8 Å². The summed E-state index contributed by atoms with van der Waals surface area (Å²) in [6, 6.07) is 4.59. The zero-order valence-electron chi connectivity index (χ0n) is 14.6. The summed E-state index contributed by atoms with van der Waals surface area (Å²) in [4.78, 5) is 0.00597. The topological polar surface area (TPSA) is 58.2 Å². The predicted octanol–water partition coefficient (Wildman–Crippen LogP) is 3.66. The summed E-state index contributed by atoms with van der Waals surface area (Å²) in [6.07, 6.45) is -0.333. The normalized spacial score (nSPS) is 22.2. The van der Waals surface area contributed by atoms with Crippen molar-refractivity contribution in [2.24, 2.45) is 0 Å². The zero-order valence-corrected chi connectivity index (χ0v) is 15.4. The maximum absolute atomic E-state index is 13.1. The Morgan fingerprint density at radius 3 is 2.50 bits per heavy atom. The second-order valence-electron chi connectivity index (χ2n) is 6.91. The number of hydrogen-bond acceptors (Lipinski definition) is 3. The van der Waals surface area contributed by atoms with Gasteiger partial charge in [-0.05, 0) is 42.7 Å². The van der Waals surface area contributed by atoms with Crippen LogP contribution in [0.5, 0.6) is 0 Å². The Hall–Kier alpha value is -1.38. The molecule has 1 aromatic rings. The lowest BCUT2D eigenvalue weighted by molar-refractivity contribution is -0.137. The molecule has 26 heavy (non-hydrogen) atoms. The number of rotatable bonds is 4. The maximum atomic E-state index is 13.1. The van der Waals surface area contributed by atoms with Crippen LogP contribution >= 0.6 is 0 Å². The Labute approximate surface area is 151 Å². The van der Waals surface area contributed by atoms with Crippen LogP contribution in [0.4, 0.5) is 13.2 Å². The summed E-state index contributed by atoms with van der Waals surface area (Å²) in [5.41, 5.74) is -0.755. The third-order valence-electron chi connectivity index (χ3n) is 5.16. The van der Waals surface area contributed by atoms with Gasteiger partial charge in [-0.25, -0.2) is 13.1 Å². The van der Waals surface area contributed by atoms with E-state index in [-0.39, 0.29) is 10.5 Å². The first-order chi connectivity index (χ1) is 12.2. The van der Waals surface area contributed by atoms with Gasteiger partial charge in [-0.15, -0.1) is 0 Å². The average molecular weight is 388 g/mol. The second kappa shape index (κ2) is 6.98. The van der Waals surface area contributed by atoms with Crippen LogP contribution in [0, 0.1) is 0 Å². The lowest BCUT2D eigenvalue weighted by Crippen LogP contribution is -2.47. The van der Waals surface area contributed by atoms with E-state index in [9.17, 15) is 21.6 Å². The van der Waals surface area contributed by atoms with Crippen LogP contribution in [-0.2, 0) is 16.2 Å². The Morgan fingerprint density at radius 2 is 1.88 bits per heavy atom. The summed E-state index contributed by atoms with van der Waals surface area (Å²) < 4.78 is 67.9. The molecule has 0 unspecified atom stereocenters. The van der Waals surface area contributed by atoms with Crippen LogP contribution in [0.25, 0.3) is 4.91 Å². The van der Waals surface area contributed by atoms with Gasteiger partial charge in [0.1, 0.15) is 0 Å². The molecule has 2 aliphatic rings. The van der Waals surface area contributed by atoms with Crippen molar-refractivity contribution in [1.82, 2.24) is 10.0 Å². The van der Waals surface area contributed by atoms with E-state index in [1.165, 1.54) is 12.1 Å². The summed E-state index contributed by atoms with van der Waals surface area (Å²) in [6.45, 7) is 2.90. The number of halogens is 3. The third-order valence-corrected chi connectivity index (χ3v) is 6.84. The number of sulfonamides is 1. The van der Waals surface area contributed by atoms with Gasteiger partial charge in [-0.3, -0.25) is 0 Å². The highest BCUT2D eigenvalue weighted by Crippen LogP contribution is 2.45. The summed E-state index contributed by atoms with van der Waals surface area (Å²) in [5, 5.41) is 3.16. The van der Waals surface area contributed by atoms with E-state index in [2.05, 4.69) is 10.0 Å². The molecule has 4 nitrogen and oxygen atoms in total. The number of alkyl halides is 3. The Balaban J connectivity index is 2.17. The fraction of sp³-hybridized carbons (Fsp3) is 0.556. The molecule has 0 saturated heterocycles. The van der Waals surface area contributed by atoms with Crippen molar-refractivity contribution >= 4 is 14.9 Å². The SMILES string of the molecule is CCNCC1=C(c2cccc(C(F)(F)F)c2)S(=O)(=O)NC12CCCCC2. The summed E-state index contributed by atoms with van der Waals surface area (Å²) >= 11 is 0. The first-order valence-electron chi connectivity index (χ1n) is 8.85. The van der Waals surface area contributed by atoms with E-state index in [4.69, 9.17) is 0 Å². The first kappa shape index (κ1) is 19.4. The molecule has 0 bridgehead atoms. The van der Waals surface area contributed by atoms with E-state index in [0.717, 1.165) is 31.4 Å². The molecular weight excluding hydrogens is 365 g/mol. The molecular formula is C18H23F3N2O2S. The number of benzene rings is 1. The van der Waals surface area contributed by atoms with Crippen molar-refractivity contribution in [1.29, 1.82) is 0 Å². The summed E-state index contributed by atoms with van der Waals surface area (Å²) in [5.74, 6) is 0. The smallest absolute Gasteiger partial charge is 0.313 e. The van der Waals surface area contributed by atoms with Crippen molar-refractivity contribution in [2.75, 3.05) is 13.1 Å². The van der Waals surface area contributed by atoms with Gasteiger partial charge in [0, 0.05) is 6.54 Å². The Kier molecular flexibility index (Phi) is 5.20. The fourth-order valence-electron chi connectivity index (χ4n) is 3.97. The average Bonchev–Trinajstić information content (AvgIpc) is 2.79. The highest BCUT2D eigenvalue weighted by Gasteiger charge is 2.49. The van der Waals surface area contributed by atoms with Crippen molar-refractivity contribution < 1.29 is 21.6 Å². The molecule has 1 heterocycles.